The molecule has 2 rings (SSSR count). The Bertz CT molecular complexity index is 376. The fourth-order valence-electron chi connectivity index (χ4n) is 1.96. The van der Waals surface area contributed by atoms with Gasteiger partial charge in [0.05, 0.1) is 12.2 Å². The quantitative estimate of drug-likeness (QED) is 0.789. The monoisotopic (exact) mass is 239 g/mol. The van der Waals surface area contributed by atoms with Crippen LogP contribution in [0.25, 0.3) is 0 Å². The van der Waals surface area contributed by atoms with Gasteiger partial charge in [-0.15, -0.1) is 0 Å². The topological polar surface area (TPSA) is 18.5 Å². The third-order valence-electron chi connectivity index (χ3n) is 2.66. The highest BCUT2D eigenvalue weighted by Gasteiger charge is 2.38. The van der Waals surface area contributed by atoms with Gasteiger partial charge in [0.15, 0.2) is 5.79 Å². The van der Waals surface area contributed by atoms with Crippen LogP contribution in [-0.4, -0.2) is 18.0 Å². The minimum atomic E-state index is -0.543. The molecule has 1 aromatic carbocycles. The summed E-state index contributed by atoms with van der Waals surface area (Å²) in [4.78, 5) is 0. The maximum Gasteiger partial charge on any atom is 0.163 e. The van der Waals surface area contributed by atoms with Gasteiger partial charge in [-0.25, -0.2) is 0 Å². The third kappa shape index (κ3) is 2.57. The van der Waals surface area contributed by atoms with Gasteiger partial charge in [0.25, 0.3) is 0 Å². The Morgan fingerprint density at radius 3 is 2.56 bits per heavy atom. The van der Waals surface area contributed by atoms with Gasteiger partial charge in [-0.2, -0.15) is 0 Å². The van der Waals surface area contributed by atoms with Crippen molar-refractivity contribution in [2.45, 2.75) is 38.3 Å². The summed E-state index contributed by atoms with van der Waals surface area (Å²) in [5.74, 6) is -0.543. The van der Waals surface area contributed by atoms with Crippen LogP contribution in [0.1, 0.15) is 19.4 Å². The second kappa shape index (κ2) is 4.36. The molecule has 3 heteroatoms. The van der Waals surface area contributed by atoms with Crippen LogP contribution in [0.15, 0.2) is 24.3 Å². The lowest BCUT2D eigenvalue weighted by molar-refractivity contribution is -0.142. The predicted molar refractivity (Wildman–Crippen MR) is 64.3 cm³/mol. The minimum absolute atomic E-state index is 0.0325. The lowest BCUT2D eigenvalue weighted by atomic mass is 10.0. The van der Waals surface area contributed by atoms with E-state index in [0.29, 0.717) is 0 Å². The van der Waals surface area contributed by atoms with Gasteiger partial charge in [-0.05, 0) is 32.4 Å². The zero-order valence-electron chi connectivity index (χ0n) is 9.57. The van der Waals surface area contributed by atoms with E-state index in [0.717, 1.165) is 17.0 Å². The zero-order valence-corrected chi connectivity index (χ0v) is 10.3. The molecule has 2 nitrogen and oxygen atoms in total. The van der Waals surface area contributed by atoms with E-state index in [2.05, 4.69) is 6.92 Å². The number of hydrogen-bond donors (Lipinski definition) is 0. The fraction of sp³-hybridized carbons (Fsp3) is 0.462. The van der Waals surface area contributed by atoms with Gasteiger partial charge >= 0.3 is 0 Å². The smallest absolute Gasteiger partial charge is 0.163 e. The number of ether oxygens (including phenoxy) is 2. The Labute approximate surface area is 102 Å². The number of halogens is 1. The van der Waals surface area contributed by atoms with E-state index < -0.39 is 5.79 Å². The summed E-state index contributed by atoms with van der Waals surface area (Å²) in [5, 5.41) is 0.767. The standard InChI is InChI=1S/C13H16ClO2/c1-9-12(16-13(2,3)15-9)8-10-6-4-5-7-11(10)14/h4-7,9,12H,1,8H2,2-3H3/t9-,12-/m0/s1. The molecule has 0 unspecified atom stereocenters. The van der Waals surface area contributed by atoms with Crippen molar-refractivity contribution in [2.24, 2.45) is 0 Å². The number of benzene rings is 1. The van der Waals surface area contributed by atoms with Crippen LogP contribution in [0, 0.1) is 6.92 Å². The minimum Gasteiger partial charge on any atom is -0.345 e. The molecule has 0 N–H and O–H groups in total. The van der Waals surface area contributed by atoms with E-state index in [1.165, 1.54) is 0 Å². The van der Waals surface area contributed by atoms with Crippen LogP contribution in [0.2, 0.25) is 5.02 Å². The number of hydrogen-bond acceptors (Lipinski definition) is 2. The van der Waals surface area contributed by atoms with Crippen LogP contribution in [0.4, 0.5) is 0 Å². The molecule has 87 valence electrons. The summed E-state index contributed by atoms with van der Waals surface area (Å²) in [6.07, 6.45) is 0.554. The van der Waals surface area contributed by atoms with Crippen molar-refractivity contribution in [3.63, 3.8) is 0 Å². The van der Waals surface area contributed by atoms with E-state index in [1.54, 1.807) is 0 Å². The first kappa shape index (κ1) is 11.9. The van der Waals surface area contributed by atoms with Gasteiger partial charge in [0.1, 0.15) is 0 Å². The summed E-state index contributed by atoms with van der Waals surface area (Å²) in [6, 6.07) is 7.78. The maximum atomic E-state index is 6.10. The van der Waals surface area contributed by atoms with Gasteiger partial charge in [-0.1, -0.05) is 29.8 Å². The summed E-state index contributed by atoms with van der Waals surface area (Å²) >= 11 is 6.10. The molecule has 1 fully saturated rings. The van der Waals surface area contributed by atoms with Gasteiger partial charge < -0.3 is 9.47 Å². The van der Waals surface area contributed by atoms with Crippen molar-refractivity contribution in [3.8, 4) is 0 Å². The summed E-state index contributed by atoms with van der Waals surface area (Å²) in [7, 11) is 0. The lowest BCUT2D eigenvalue weighted by Gasteiger charge is -2.17. The largest absolute Gasteiger partial charge is 0.345 e. The van der Waals surface area contributed by atoms with Gasteiger partial charge in [0, 0.05) is 11.4 Å². The molecule has 0 amide bonds. The van der Waals surface area contributed by atoms with Crippen molar-refractivity contribution in [1.82, 2.24) is 0 Å². The fourth-order valence-corrected chi connectivity index (χ4v) is 2.18. The second-order valence-corrected chi connectivity index (χ2v) is 4.92. The molecule has 1 heterocycles. The molecule has 0 aliphatic carbocycles. The summed E-state index contributed by atoms with van der Waals surface area (Å²) < 4.78 is 11.4. The maximum absolute atomic E-state index is 6.10. The first-order valence-corrected chi connectivity index (χ1v) is 5.78. The van der Waals surface area contributed by atoms with E-state index in [9.17, 15) is 0 Å². The Hall–Kier alpha value is -0.570. The Morgan fingerprint density at radius 2 is 2.00 bits per heavy atom. The van der Waals surface area contributed by atoms with Crippen molar-refractivity contribution < 1.29 is 9.47 Å². The highest BCUT2D eigenvalue weighted by atomic mass is 35.5. The van der Waals surface area contributed by atoms with E-state index in [1.807, 2.05) is 38.1 Å². The molecule has 0 saturated carbocycles. The highest BCUT2D eigenvalue weighted by Crippen LogP contribution is 2.30. The van der Waals surface area contributed by atoms with E-state index in [4.69, 9.17) is 21.1 Å². The first-order valence-electron chi connectivity index (χ1n) is 5.40. The third-order valence-corrected chi connectivity index (χ3v) is 3.03. The Morgan fingerprint density at radius 1 is 1.31 bits per heavy atom. The van der Waals surface area contributed by atoms with Crippen LogP contribution >= 0.6 is 11.6 Å². The van der Waals surface area contributed by atoms with Crippen molar-refractivity contribution in [3.05, 3.63) is 41.8 Å². The molecule has 0 spiro atoms. The molecule has 0 aromatic heterocycles. The van der Waals surface area contributed by atoms with Crippen LogP contribution < -0.4 is 0 Å². The molecule has 0 bridgehead atoms. The molecular weight excluding hydrogens is 224 g/mol. The van der Waals surface area contributed by atoms with Gasteiger partial charge in [0.2, 0.25) is 0 Å². The Balaban J connectivity index is 2.09. The van der Waals surface area contributed by atoms with Crippen LogP contribution in [0.3, 0.4) is 0 Å². The first-order chi connectivity index (χ1) is 7.48. The average molecular weight is 240 g/mol. The van der Waals surface area contributed by atoms with Crippen LogP contribution in [-0.2, 0) is 15.9 Å². The summed E-state index contributed by atoms with van der Waals surface area (Å²) in [6.45, 7) is 7.75. The van der Waals surface area contributed by atoms with Crippen molar-refractivity contribution in [1.29, 1.82) is 0 Å². The molecule has 1 aliphatic heterocycles. The van der Waals surface area contributed by atoms with Crippen LogP contribution in [0.5, 0.6) is 0 Å². The summed E-state index contributed by atoms with van der Waals surface area (Å²) in [5.41, 5.74) is 1.07. The number of rotatable bonds is 2. The SMILES string of the molecule is [CH2][C@@H]1OC(C)(C)O[C@H]1Cc1ccccc1Cl. The van der Waals surface area contributed by atoms with E-state index >= 15 is 0 Å². The zero-order chi connectivity index (χ0) is 11.8. The highest BCUT2D eigenvalue weighted by molar-refractivity contribution is 6.31. The predicted octanol–water partition coefficient (Wildman–Crippen LogP) is 3.24. The molecule has 1 aromatic rings. The lowest BCUT2D eigenvalue weighted by Crippen LogP contribution is -2.23. The van der Waals surface area contributed by atoms with E-state index in [-0.39, 0.29) is 12.2 Å². The molecule has 16 heavy (non-hydrogen) atoms. The molecular formula is C13H16ClO2. The molecule has 1 radical (unpaired) electrons. The van der Waals surface area contributed by atoms with Gasteiger partial charge in [-0.3, -0.25) is 0 Å². The van der Waals surface area contributed by atoms with Crippen molar-refractivity contribution >= 4 is 11.6 Å². The molecule has 2 atom stereocenters. The second-order valence-electron chi connectivity index (χ2n) is 4.51. The Kier molecular flexibility index (Phi) is 3.24. The van der Waals surface area contributed by atoms with Crippen molar-refractivity contribution in [2.75, 3.05) is 0 Å². The molecule has 1 aliphatic rings. The average Bonchev–Trinajstić information content (AvgIpc) is 2.44. The normalized spacial score (nSPS) is 28.2. The molecule has 1 saturated heterocycles.